The number of hydrogen-bond donors (Lipinski definition) is 1. The van der Waals surface area contributed by atoms with Crippen LogP contribution in [0, 0.1) is 12.7 Å². The highest BCUT2D eigenvalue weighted by Crippen LogP contribution is 2.25. The fourth-order valence-electron chi connectivity index (χ4n) is 1.71. The van der Waals surface area contributed by atoms with Crippen LogP contribution in [0.1, 0.15) is 5.56 Å². The van der Waals surface area contributed by atoms with Gasteiger partial charge in [-0.25, -0.2) is 9.18 Å². The Morgan fingerprint density at radius 2 is 1.78 bits per heavy atom. The largest absolute Gasteiger partial charge is 0.351 e. The van der Waals surface area contributed by atoms with Crippen LogP contribution in [0.15, 0.2) is 48.5 Å². The third-order valence-electron chi connectivity index (χ3n) is 2.58. The van der Waals surface area contributed by atoms with E-state index in [9.17, 15) is 9.18 Å². The molecule has 4 heteroatoms. The Labute approximate surface area is 105 Å². The number of halogens is 1. The second kappa shape index (κ2) is 4.87. The molecule has 3 nitrogen and oxygen atoms in total. The van der Waals surface area contributed by atoms with E-state index in [4.69, 9.17) is 5.73 Å². The fraction of sp³-hybridized carbons (Fsp3) is 0.0714. The molecule has 0 saturated carbocycles. The zero-order valence-electron chi connectivity index (χ0n) is 9.93. The zero-order chi connectivity index (χ0) is 13.1. The van der Waals surface area contributed by atoms with Gasteiger partial charge in [-0.1, -0.05) is 23.8 Å². The number of nitrogens with zero attached hydrogens (tertiary/aromatic N) is 1. The van der Waals surface area contributed by atoms with Gasteiger partial charge < -0.3 is 5.73 Å². The van der Waals surface area contributed by atoms with Crippen LogP contribution in [0.25, 0.3) is 0 Å². The number of carbonyl (C=O) groups is 1. The van der Waals surface area contributed by atoms with Crippen LogP contribution in [-0.4, -0.2) is 6.03 Å². The van der Waals surface area contributed by atoms with E-state index >= 15 is 0 Å². The molecule has 0 heterocycles. The third-order valence-corrected chi connectivity index (χ3v) is 2.58. The number of amides is 2. The zero-order valence-corrected chi connectivity index (χ0v) is 9.93. The number of rotatable bonds is 2. The summed E-state index contributed by atoms with van der Waals surface area (Å²) in [5.74, 6) is -0.411. The third kappa shape index (κ3) is 2.48. The Bertz CT molecular complexity index is 566. The topological polar surface area (TPSA) is 46.3 Å². The van der Waals surface area contributed by atoms with Gasteiger partial charge in [0.15, 0.2) is 0 Å². The molecule has 2 aromatic carbocycles. The first-order valence-electron chi connectivity index (χ1n) is 5.50. The molecular weight excluding hydrogens is 231 g/mol. The molecule has 92 valence electrons. The van der Waals surface area contributed by atoms with Crippen LogP contribution in [-0.2, 0) is 0 Å². The molecule has 0 fully saturated rings. The standard InChI is InChI=1S/C14H13FN2O/c1-10-5-7-12(8-6-10)17(14(16)18)13-4-2-3-11(15)9-13/h2-9H,1H3,(H2,16,18). The molecule has 0 bridgehead atoms. The summed E-state index contributed by atoms with van der Waals surface area (Å²) in [4.78, 5) is 12.8. The Morgan fingerprint density at radius 1 is 1.11 bits per heavy atom. The van der Waals surface area contributed by atoms with Gasteiger partial charge >= 0.3 is 6.03 Å². The second-order valence-electron chi connectivity index (χ2n) is 3.99. The summed E-state index contributed by atoms with van der Waals surface area (Å²) in [7, 11) is 0. The Balaban J connectivity index is 2.46. The molecule has 0 radical (unpaired) electrons. The molecule has 2 N–H and O–H groups in total. The van der Waals surface area contributed by atoms with Crippen LogP contribution >= 0.6 is 0 Å². The second-order valence-corrected chi connectivity index (χ2v) is 3.99. The van der Waals surface area contributed by atoms with Gasteiger partial charge in [0, 0.05) is 0 Å². The highest BCUT2D eigenvalue weighted by atomic mass is 19.1. The van der Waals surface area contributed by atoms with Crippen molar-refractivity contribution in [2.45, 2.75) is 6.92 Å². The number of urea groups is 1. The summed E-state index contributed by atoms with van der Waals surface area (Å²) in [5, 5.41) is 0. The molecule has 2 amide bonds. The molecule has 0 aliphatic heterocycles. The number of benzene rings is 2. The summed E-state index contributed by atoms with van der Waals surface area (Å²) in [6, 6.07) is 12.4. The SMILES string of the molecule is Cc1ccc(N(C(N)=O)c2cccc(F)c2)cc1. The monoisotopic (exact) mass is 244 g/mol. The summed E-state index contributed by atoms with van der Waals surface area (Å²) < 4.78 is 13.2. The maximum Gasteiger partial charge on any atom is 0.323 e. The van der Waals surface area contributed by atoms with E-state index in [0.29, 0.717) is 11.4 Å². The summed E-state index contributed by atoms with van der Waals surface area (Å²) in [6.45, 7) is 1.95. The first kappa shape index (κ1) is 12.1. The molecule has 0 spiro atoms. The predicted octanol–water partition coefficient (Wildman–Crippen LogP) is 3.35. The summed E-state index contributed by atoms with van der Waals surface area (Å²) in [5.41, 5.74) is 7.44. The maximum atomic E-state index is 13.2. The van der Waals surface area contributed by atoms with Gasteiger partial charge in [0.05, 0.1) is 11.4 Å². The van der Waals surface area contributed by atoms with Crippen molar-refractivity contribution in [2.75, 3.05) is 4.90 Å². The van der Waals surface area contributed by atoms with E-state index in [1.165, 1.54) is 23.1 Å². The Morgan fingerprint density at radius 3 is 2.33 bits per heavy atom. The average molecular weight is 244 g/mol. The highest BCUT2D eigenvalue weighted by molar-refractivity contribution is 5.98. The quantitative estimate of drug-likeness (QED) is 0.865. The average Bonchev–Trinajstić information content (AvgIpc) is 2.32. The van der Waals surface area contributed by atoms with Gasteiger partial charge in [0.25, 0.3) is 0 Å². The van der Waals surface area contributed by atoms with Crippen molar-refractivity contribution in [1.82, 2.24) is 0 Å². The molecular formula is C14H13FN2O. The minimum absolute atomic E-state index is 0.409. The molecule has 0 aliphatic carbocycles. The number of anilines is 2. The number of aryl methyl sites for hydroxylation is 1. The van der Waals surface area contributed by atoms with Crippen LogP contribution in [0.3, 0.4) is 0 Å². The van der Waals surface area contributed by atoms with Crippen molar-refractivity contribution in [3.05, 3.63) is 59.9 Å². The molecule has 0 atom stereocenters. The number of carbonyl (C=O) groups excluding carboxylic acids is 1. The fourth-order valence-corrected chi connectivity index (χ4v) is 1.71. The molecule has 2 rings (SSSR count). The van der Waals surface area contributed by atoms with E-state index in [2.05, 4.69) is 0 Å². The van der Waals surface area contributed by atoms with Crippen molar-refractivity contribution in [3.8, 4) is 0 Å². The Kier molecular flexibility index (Phi) is 3.28. The van der Waals surface area contributed by atoms with Crippen LogP contribution < -0.4 is 10.6 Å². The predicted molar refractivity (Wildman–Crippen MR) is 69.3 cm³/mol. The van der Waals surface area contributed by atoms with Crippen LogP contribution in [0.2, 0.25) is 0 Å². The first-order chi connectivity index (χ1) is 8.58. The molecule has 0 saturated heterocycles. The maximum absolute atomic E-state index is 13.2. The van der Waals surface area contributed by atoms with E-state index in [1.54, 1.807) is 18.2 Å². The lowest BCUT2D eigenvalue weighted by Crippen LogP contribution is -2.31. The van der Waals surface area contributed by atoms with Crippen molar-refractivity contribution >= 4 is 17.4 Å². The molecule has 0 unspecified atom stereocenters. The van der Waals surface area contributed by atoms with E-state index < -0.39 is 11.8 Å². The summed E-state index contributed by atoms with van der Waals surface area (Å²) >= 11 is 0. The number of nitrogens with two attached hydrogens (primary N) is 1. The van der Waals surface area contributed by atoms with Gasteiger partial charge in [-0.2, -0.15) is 0 Å². The van der Waals surface area contributed by atoms with E-state index in [1.807, 2.05) is 19.1 Å². The highest BCUT2D eigenvalue weighted by Gasteiger charge is 2.15. The minimum Gasteiger partial charge on any atom is -0.351 e. The van der Waals surface area contributed by atoms with Gasteiger partial charge in [0.2, 0.25) is 0 Å². The number of primary amides is 1. The number of hydrogen-bond acceptors (Lipinski definition) is 1. The smallest absolute Gasteiger partial charge is 0.323 e. The van der Waals surface area contributed by atoms with Crippen LogP contribution in [0.5, 0.6) is 0 Å². The molecule has 0 aromatic heterocycles. The van der Waals surface area contributed by atoms with Crippen LogP contribution in [0.4, 0.5) is 20.6 Å². The van der Waals surface area contributed by atoms with Crippen molar-refractivity contribution in [1.29, 1.82) is 0 Å². The molecule has 2 aromatic rings. The summed E-state index contributed by atoms with van der Waals surface area (Å²) in [6.07, 6.45) is 0. The van der Waals surface area contributed by atoms with Gasteiger partial charge in [0.1, 0.15) is 5.82 Å². The van der Waals surface area contributed by atoms with E-state index in [0.717, 1.165) is 5.56 Å². The van der Waals surface area contributed by atoms with Crippen molar-refractivity contribution in [2.24, 2.45) is 5.73 Å². The van der Waals surface area contributed by atoms with E-state index in [-0.39, 0.29) is 0 Å². The van der Waals surface area contributed by atoms with Gasteiger partial charge in [-0.15, -0.1) is 0 Å². The lowest BCUT2D eigenvalue weighted by atomic mass is 10.2. The van der Waals surface area contributed by atoms with Crippen molar-refractivity contribution < 1.29 is 9.18 Å². The lowest BCUT2D eigenvalue weighted by molar-refractivity contribution is 0.256. The first-order valence-corrected chi connectivity index (χ1v) is 5.50. The minimum atomic E-state index is -0.649. The lowest BCUT2D eigenvalue weighted by Gasteiger charge is -2.20. The molecule has 0 aliphatic rings. The van der Waals surface area contributed by atoms with Gasteiger partial charge in [-0.05, 0) is 37.3 Å². The molecule has 18 heavy (non-hydrogen) atoms. The normalized spacial score (nSPS) is 10.1. The Hall–Kier alpha value is -2.36. The van der Waals surface area contributed by atoms with Crippen molar-refractivity contribution in [3.63, 3.8) is 0 Å². The van der Waals surface area contributed by atoms with Gasteiger partial charge in [-0.3, -0.25) is 4.90 Å².